The number of thioether (sulfide) groups is 1. The molecule has 3 rings (SSSR count). The molecule has 1 heterocycles. The number of imide groups is 1. The molecule has 1 saturated heterocycles. The molecule has 26 heavy (non-hydrogen) atoms. The number of ether oxygens (including phenoxy) is 1. The van der Waals surface area contributed by atoms with Gasteiger partial charge in [0.25, 0.3) is 5.91 Å². The van der Waals surface area contributed by atoms with Gasteiger partial charge >= 0.3 is 6.03 Å². The molecule has 5 nitrogen and oxygen atoms in total. The van der Waals surface area contributed by atoms with Gasteiger partial charge in [0.05, 0.1) is 15.7 Å². The molecule has 0 saturated carbocycles. The van der Waals surface area contributed by atoms with Crippen LogP contribution in [0.2, 0.25) is 10.0 Å². The Hall–Kier alpha value is -2.15. The average Bonchev–Trinajstić information content (AvgIpc) is 2.83. The molecule has 2 aromatic carbocycles. The maximum absolute atomic E-state index is 11.9. The molecular formula is C18H14Cl2N2O3S. The molecule has 134 valence electrons. The van der Waals surface area contributed by atoms with E-state index >= 15 is 0 Å². The van der Waals surface area contributed by atoms with Crippen molar-refractivity contribution >= 4 is 52.6 Å². The van der Waals surface area contributed by atoms with Gasteiger partial charge in [-0.3, -0.25) is 15.0 Å². The van der Waals surface area contributed by atoms with Crippen LogP contribution in [-0.4, -0.2) is 18.2 Å². The van der Waals surface area contributed by atoms with Crippen molar-refractivity contribution in [1.29, 1.82) is 0 Å². The SMILES string of the molecule is C=C1C(=O)NC(=O)N1c1cc(Cl)c(Oc2ccc(SC)c(C)c2)c(Cl)c1. The maximum Gasteiger partial charge on any atom is 0.333 e. The number of aryl methyl sites for hydroxylation is 1. The number of carbonyl (C=O) groups excluding carboxylic acids is 2. The van der Waals surface area contributed by atoms with Crippen LogP contribution >= 0.6 is 35.0 Å². The van der Waals surface area contributed by atoms with Crippen molar-refractivity contribution in [2.75, 3.05) is 11.2 Å². The standard InChI is InChI=1S/C18H14Cl2N2O3S/c1-9-6-12(4-5-15(9)26-3)25-16-13(19)7-11(8-14(16)20)22-10(2)17(23)21-18(22)24/h4-8H,2H2,1,3H3,(H,21,23,24). The molecule has 0 unspecified atom stereocenters. The maximum atomic E-state index is 11.9. The lowest BCUT2D eigenvalue weighted by Crippen LogP contribution is -2.27. The first-order valence-corrected chi connectivity index (χ1v) is 9.45. The fourth-order valence-electron chi connectivity index (χ4n) is 2.53. The average molecular weight is 409 g/mol. The Bertz CT molecular complexity index is 923. The van der Waals surface area contributed by atoms with Crippen LogP contribution < -0.4 is 15.0 Å². The number of nitrogens with zero attached hydrogens (tertiary/aromatic N) is 1. The summed E-state index contributed by atoms with van der Waals surface area (Å²) in [5.41, 5.74) is 1.40. The van der Waals surface area contributed by atoms with Gasteiger partial charge in [-0.2, -0.15) is 0 Å². The van der Waals surface area contributed by atoms with Crippen molar-refractivity contribution in [2.45, 2.75) is 11.8 Å². The Morgan fingerprint density at radius 3 is 2.31 bits per heavy atom. The van der Waals surface area contributed by atoms with E-state index in [0.29, 0.717) is 11.4 Å². The zero-order valence-electron chi connectivity index (χ0n) is 13.9. The van der Waals surface area contributed by atoms with Crippen LogP contribution in [0.25, 0.3) is 0 Å². The van der Waals surface area contributed by atoms with Gasteiger partial charge in [-0.15, -0.1) is 11.8 Å². The molecule has 0 atom stereocenters. The fourth-order valence-corrected chi connectivity index (χ4v) is 3.67. The molecule has 3 amide bonds. The number of hydrogen-bond acceptors (Lipinski definition) is 4. The van der Waals surface area contributed by atoms with Gasteiger partial charge in [0.15, 0.2) is 5.75 Å². The van der Waals surface area contributed by atoms with Gasteiger partial charge in [0, 0.05) is 4.90 Å². The lowest BCUT2D eigenvalue weighted by molar-refractivity contribution is -0.115. The van der Waals surface area contributed by atoms with E-state index < -0.39 is 11.9 Å². The summed E-state index contributed by atoms with van der Waals surface area (Å²) in [6, 6.07) is 8.05. The highest BCUT2D eigenvalue weighted by atomic mass is 35.5. The van der Waals surface area contributed by atoms with Crippen LogP contribution in [0.15, 0.2) is 47.5 Å². The van der Waals surface area contributed by atoms with E-state index in [1.807, 2.05) is 31.4 Å². The lowest BCUT2D eigenvalue weighted by Gasteiger charge is -2.17. The van der Waals surface area contributed by atoms with E-state index in [4.69, 9.17) is 27.9 Å². The highest BCUT2D eigenvalue weighted by Gasteiger charge is 2.33. The van der Waals surface area contributed by atoms with Crippen LogP contribution in [0.4, 0.5) is 10.5 Å². The summed E-state index contributed by atoms with van der Waals surface area (Å²) in [5, 5.41) is 2.57. The Kier molecular flexibility index (Phi) is 5.18. The highest BCUT2D eigenvalue weighted by molar-refractivity contribution is 7.98. The van der Waals surface area contributed by atoms with Gasteiger partial charge in [0.2, 0.25) is 0 Å². The van der Waals surface area contributed by atoms with E-state index in [2.05, 4.69) is 11.9 Å². The normalized spacial score (nSPS) is 14.0. The van der Waals surface area contributed by atoms with Crippen molar-refractivity contribution in [2.24, 2.45) is 0 Å². The summed E-state index contributed by atoms with van der Waals surface area (Å²) < 4.78 is 5.83. The number of carbonyl (C=O) groups is 2. The molecule has 8 heteroatoms. The van der Waals surface area contributed by atoms with Crippen LogP contribution in [0, 0.1) is 6.92 Å². The predicted octanol–water partition coefficient (Wildman–Crippen LogP) is 5.39. The van der Waals surface area contributed by atoms with Gasteiger partial charge in [-0.25, -0.2) is 4.79 Å². The third-order valence-electron chi connectivity index (χ3n) is 3.78. The second kappa shape index (κ2) is 7.23. The molecule has 0 radical (unpaired) electrons. The smallest absolute Gasteiger partial charge is 0.333 e. The zero-order chi connectivity index (χ0) is 19.0. The van der Waals surface area contributed by atoms with Crippen molar-refractivity contribution in [3.05, 3.63) is 58.2 Å². The number of rotatable bonds is 4. The summed E-state index contributed by atoms with van der Waals surface area (Å²) in [6.45, 7) is 5.58. The van der Waals surface area contributed by atoms with E-state index in [-0.39, 0.29) is 21.5 Å². The second-order valence-corrected chi connectivity index (χ2v) is 7.18. The molecule has 0 bridgehead atoms. The molecule has 1 aliphatic rings. The van der Waals surface area contributed by atoms with E-state index in [1.165, 1.54) is 12.1 Å². The number of hydrogen-bond donors (Lipinski definition) is 1. The third kappa shape index (κ3) is 3.40. The van der Waals surface area contributed by atoms with Crippen molar-refractivity contribution < 1.29 is 14.3 Å². The number of anilines is 1. The van der Waals surface area contributed by atoms with E-state index in [0.717, 1.165) is 15.4 Å². The van der Waals surface area contributed by atoms with Crippen LogP contribution in [0.1, 0.15) is 5.56 Å². The minimum absolute atomic E-state index is 0.000851. The van der Waals surface area contributed by atoms with Gasteiger partial charge in [-0.05, 0) is 49.1 Å². The first-order valence-electron chi connectivity index (χ1n) is 7.47. The molecule has 1 N–H and O–H groups in total. The molecule has 0 aliphatic carbocycles. The lowest BCUT2D eigenvalue weighted by atomic mass is 10.2. The molecular weight excluding hydrogens is 395 g/mol. The van der Waals surface area contributed by atoms with Crippen molar-refractivity contribution in [3.63, 3.8) is 0 Å². The fraction of sp³-hybridized carbons (Fsp3) is 0.111. The van der Waals surface area contributed by atoms with Crippen LogP contribution in [0.5, 0.6) is 11.5 Å². The Morgan fingerprint density at radius 1 is 1.15 bits per heavy atom. The Labute approximate surface area is 164 Å². The van der Waals surface area contributed by atoms with Crippen LogP contribution in [0.3, 0.4) is 0 Å². The highest BCUT2D eigenvalue weighted by Crippen LogP contribution is 2.41. The summed E-state index contributed by atoms with van der Waals surface area (Å²) in [5.74, 6) is 0.298. The first kappa shape index (κ1) is 18.6. The van der Waals surface area contributed by atoms with Crippen LogP contribution in [-0.2, 0) is 4.79 Å². The van der Waals surface area contributed by atoms with Crippen molar-refractivity contribution in [3.8, 4) is 11.5 Å². The molecule has 1 aliphatic heterocycles. The molecule has 0 spiro atoms. The largest absolute Gasteiger partial charge is 0.454 e. The minimum atomic E-state index is -0.607. The minimum Gasteiger partial charge on any atom is -0.454 e. The van der Waals surface area contributed by atoms with Gasteiger partial charge < -0.3 is 4.74 Å². The number of amides is 3. The second-order valence-electron chi connectivity index (χ2n) is 5.51. The Morgan fingerprint density at radius 2 is 1.81 bits per heavy atom. The first-order chi connectivity index (χ1) is 12.3. The molecule has 0 aromatic heterocycles. The molecule has 2 aromatic rings. The summed E-state index contributed by atoms with van der Waals surface area (Å²) >= 11 is 14.3. The number of halogens is 2. The molecule has 1 fully saturated rings. The topological polar surface area (TPSA) is 58.6 Å². The number of benzene rings is 2. The van der Waals surface area contributed by atoms with Crippen molar-refractivity contribution in [1.82, 2.24) is 5.32 Å². The Balaban J connectivity index is 1.93. The monoisotopic (exact) mass is 408 g/mol. The predicted molar refractivity (Wildman–Crippen MR) is 105 cm³/mol. The summed E-state index contributed by atoms with van der Waals surface area (Å²) in [7, 11) is 0. The quantitative estimate of drug-likeness (QED) is 0.418. The van der Waals surface area contributed by atoms with E-state index in [1.54, 1.807) is 11.8 Å². The number of urea groups is 1. The van der Waals surface area contributed by atoms with Gasteiger partial charge in [-0.1, -0.05) is 29.8 Å². The van der Waals surface area contributed by atoms with E-state index in [9.17, 15) is 9.59 Å². The number of nitrogens with one attached hydrogen (secondary N) is 1. The third-order valence-corrected chi connectivity index (χ3v) is 5.24. The zero-order valence-corrected chi connectivity index (χ0v) is 16.3. The summed E-state index contributed by atoms with van der Waals surface area (Å²) in [6.07, 6.45) is 2.00. The summed E-state index contributed by atoms with van der Waals surface area (Å²) in [4.78, 5) is 25.7. The van der Waals surface area contributed by atoms with Gasteiger partial charge in [0.1, 0.15) is 11.4 Å².